The molecule has 0 aliphatic heterocycles. The van der Waals surface area contributed by atoms with Gasteiger partial charge in [-0.1, -0.05) is 0 Å². The number of carbonyl (C=O) groups excluding carboxylic acids is 1. The first kappa shape index (κ1) is 14.5. The number of halogens is 1. The first-order chi connectivity index (χ1) is 8.30. The smallest absolute Gasteiger partial charge is 0.269 e. The Bertz CT molecular complexity index is 404. The molecule has 1 rings (SSSR count). The molecule has 2 N–H and O–H groups in total. The Kier molecular flexibility index (Phi) is 4.75. The molecule has 18 heavy (non-hydrogen) atoms. The maximum Gasteiger partial charge on any atom is 0.269 e. The lowest BCUT2D eigenvalue weighted by Crippen LogP contribution is -2.47. The lowest BCUT2D eigenvalue weighted by Gasteiger charge is -2.26. The van der Waals surface area contributed by atoms with Gasteiger partial charge < -0.3 is 15.3 Å². The molecular weight excluding hydrogens is 237 g/mol. The van der Waals surface area contributed by atoms with Gasteiger partial charge in [0.1, 0.15) is 11.5 Å². The number of carbonyl (C=O) groups is 1. The fourth-order valence-electron chi connectivity index (χ4n) is 1.61. The van der Waals surface area contributed by atoms with Crippen LogP contribution in [0.15, 0.2) is 18.3 Å². The molecule has 0 saturated carbocycles. The second-order valence-electron chi connectivity index (χ2n) is 4.78. The molecule has 100 valence electrons. The summed E-state index contributed by atoms with van der Waals surface area (Å²) in [6.07, 6.45) is 0.979. The van der Waals surface area contributed by atoms with Crippen molar-refractivity contribution in [1.82, 2.24) is 15.2 Å². The first-order valence-corrected chi connectivity index (χ1v) is 5.57. The number of amides is 1. The van der Waals surface area contributed by atoms with Gasteiger partial charge in [-0.25, -0.2) is 9.37 Å². The summed E-state index contributed by atoms with van der Waals surface area (Å²) in [5.74, 6) is -0.930. The van der Waals surface area contributed by atoms with E-state index in [9.17, 15) is 14.3 Å². The van der Waals surface area contributed by atoms with Crippen LogP contribution in [0.1, 0.15) is 17.4 Å². The molecule has 0 aromatic carbocycles. The predicted octanol–water partition coefficient (Wildman–Crippen LogP) is 0.263. The van der Waals surface area contributed by atoms with Gasteiger partial charge in [0, 0.05) is 13.1 Å². The lowest BCUT2D eigenvalue weighted by atomic mass is 10.1. The number of aromatic nitrogens is 1. The number of hydrogen-bond acceptors (Lipinski definition) is 4. The fourth-order valence-corrected chi connectivity index (χ4v) is 1.61. The average Bonchev–Trinajstić information content (AvgIpc) is 2.25. The number of nitrogens with one attached hydrogen (secondary N) is 1. The van der Waals surface area contributed by atoms with Crippen molar-refractivity contribution in [1.29, 1.82) is 0 Å². The van der Waals surface area contributed by atoms with E-state index in [2.05, 4.69) is 10.3 Å². The molecule has 0 bridgehead atoms. The van der Waals surface area contributed by atoms with E-state index in [1.165, 1.54) is 12.1 Å². The van der Waals surface area contributed by atoms with Crippen LogP contribution in [-0.2, 0) is 0 Å². The van der Waals surface area contributed by atoms with Crippen molar-refractivity contribution in [2.24, 2.45) is 0 Å². The average molecular weight is 255 g/mol. The first-order valence-electron chi connectivity index (χ1n) is 5.57. The topological polar surface area (TPSA) is 65.5 Å². The Hall–Kier alpha value is -1.53. The number of nitrogens with zero attached hydrogens (tertiary/aromatic N) is 2. The summed E-state index contributed by atoms with van der Waals surface area (Å²) in [5.41, 5.74) is -0.906. The van der Waals surface area contributed by atoms with Gasteiger partial charge in [0.2, 0.25) is 0 Å². The van der Waals surface area contributed by atoms with Crippen LogP contribution < -0.4 is 5.32 Å². The third-order valence-electron chi connectivity index (χ3n) is 2.25. The molecule has 0 fully saturated rings. The number of rotatable bonds is 5. The minimum Gasteiger partial charge on any atom is -0.387 e. The maximum atomic E-state index is 12.6. The van der Waals surface area contributed by atoms with Crippen molar-refractivity contribution < 1.29 is 14.3 Å². The quantitative estimate of drug-likeness (QED) is 0.792. The highest BCUT2D eigenvalue weighted by Crippen LogP contribution is 2.04. The highest BCUT2D eigenvalue weighted by molar-refractivity contribution is 5.92. The molecular formula is C12H18FN3O2. The summed E-state index contributed by atoms with van der Waals surface area (Å²) >= 11 is 0. The summed E-state index contributed by atoms with van der Waals surface area (Å²) in [5, 5.41) is 12.6. The van der Waals surface area contributed by atoms with Gasteiger partial charge in [-0.15, -0.1) is 0 Å². The lowest BCUT2D eigenvalue weighted by molar-refractivity contribution is 0.0325. The Morgan fingerprint density at radius 3 is 2.72 bits per heavy atom. The molecule has 1 unspecified atom stereocenters. The van der Waals surface area contributed by atoms with Crippen molar-refractivity contribution in [2.75, 3.05) is 27.2 Å². The number of hydrogen-bond donors (Lipinski definition) is 2. The van der Waals surface area contributed by atoms with Crippen LogP contribution in [0.5, 0.6) is 0 Å². The molecule has 0 spiro atoms. The zero-order valence-corrected chi connectivity index (χ0v) is 10.8. The number of aliphatic hydroxyl groups is 1. The second-order valence-corrected chi connectivity index (χ2v) is 4.78. The SMILES string of the molecule is CN(C)CC(C)(O)CNC(=O)c1ccc(F)cn1. The summed E-state index contributed by atoms with van der Waals surface area (Å²) in [7, 11) is 3.66. The molecule has 5 nitrogen and oxygen atoms in total. The van der Waals surface area contributed by atoms with Crippen LogP contribution in [0.25, 0.3) is 0 Å². The Balaban J connectivity index is 2.53. The van der Waals surface area contributed by atoms with Gasteiger partial charge in [0.05, 0.1) is 11.8 Å². The number of pyridine rings is 1. The Labute approximate surface area is 106 Å². The van der Waals surface area contributed by atoms with Crippen LogP contribution in [0.2, 0.25) is 0 Å². The normalized spacial score (nSPS) is 14.3. The third-order valence-corrected chi connectivity index (χ3v) is 2.25. The van der Waals surface area contributed by atoms with Crippen molar-refractivity contribution in [3.8, 4) is 0 Å². The zero-order valence-electron chi connectivity index (χ0n) is 10.8. The summed E-state index contributed by atoms with van der Waals surface area (Å²) in [4.78, 5) is 17.2. The van der Waals surface area contributed by atoms with Gasteiger partial charge in [-0.2, -0.15) is 0 Å². The molecule has 0 aliphatic rings. The van der Waals surface area contributed by atoms with Crippen LogP contribution in [0, 0.1) is 5.82 Å². The largest absolute Gasteiger partial charge is 0.387 e. The maximum absolute atomic E-state index is 12.6. The minimum atomic E-state index is -1.03. The van der Waals surface area contributed by atoms with E-state index in [1.54, 1.807) is 6.92 Å². The molecule has 1 heterocycles. The fraction of sp³-hybridized carbons (Fsp3) is 0.500. The van der Waals surface area contributed by atoms with Gasteiger partial charge in [0.25, 0.3) is 5.91 Å². The predicted molar refractivity (Wildman–Crippen MR) is 65.7 cm³/mol. The highest BCUT2D eigenvalue weighted by Gasteiger charge is 2.22. The molecule has 1 amide bonds. The minimum absolute atomic E-state index is 0.100. The standard InChI is InChI=1S/C12H18FN3O2/c1-12(18,8-16(2)3)7-15-11(17)10-5-4-9(13)6-14-10/h4-6,18H,7-8H2,1-3H3,(H,15,17). The van der Waals surface area contributed by atoms with Crippen molar-refractivity contribution in [3.05, 3.63) is 29.8 Å². The van der Waals surface area contributed by atoms with Crippen molar-refractivity contribution >= 4 is 5.91 Å². The van der Waals surface area contributed by atoms with E-state index < -0.39 is 17.3 Å². The number of likely N-dealkylation sites (N-methyl/N-ethyl adjacent to an activating group) is 1. The van der Waals surface area contributed by atoms with Crippen molar-refractivity contribution in [3.63, 3.8) is 0 Å². The molecule has 0 aliphatic carbocycles. The molecule has 1 aromatic rings. The van der Waals surface area contributed by atoms with Crippen LogP contribution in [0.3, 0.4) is 0 Å². The van der Waals surface area contributed by atoms with E-state index in [1.807, 2.05) is 19.0 Å². The van der Waals surface area contributed by atoms with E-state index >= 15 is 0 Å². The summed E-state index contributed by atoms with van der Waals surface area (Å²) in [6.45, 7) is 2.15. The van der Waals surface area contributed by atoms with Gasteiger partial charge in [-0.3, -0.25) is 4.79 Å². The highest BCUT2D eigenvalue weighted by atomic mass is 19.1. The van der Waals surface area contributed by atoms with Crippen LogP contribution in [-0.4, -0.2) is 53.7 Å². The van der Waals surface area contributed by atoms with Crippen LogP contribution in [0.4, 0.5) is 4.39 Å². The Morgan fingerprint density at radius 1 is 1.56 bits per heavy atom. The van der Waals surface area contributed by atoms with E-state index in [-0.39, 0.29) is 12.2 Å². The van der Waals surface area contributed by atoms with Gasteiger partial charge in [-0.05, 0) is 33.2 Å². The Morgan fingerprint density at radius 2 is 2.22 bits per heavy atom. The molecule has 6 heteroatoms. The monoisotopic (exact) mass is 255 g/mol. The second kappa shape index (κ2) is 5.88. The van der Waals surface area contributed by atoms with E-state index in [0.29, 0.717) is 6.54 Å². The van der Waals surface area contributed by atoms with Crippen molar-refractivity contribution in [2.45, 2.75) is 12.5 Å². The van der Waals surface area contributed by atoms with E-state index in [0.717, 1.165) is 6.20 Å². The van der Waals surface area contributed by atoms with Crippen LogP contribution >= 0.6 is 0 Å². The summed E-state index contributed by atoms with van der Waals surface area (Å²) in [6, 6.07) is 2.46. The zero-order chi connectivity index (χ0) is 13.8. The molecule has 0 radical (unpaired) electrons. The summed E-state index contributed by atoms with van der Waals surface area (Å²) < 4.78 is 12.6. The van der Waals surface area contributed by atoms with Gasteiger partial charge in [0.15, 0.2) is 0 Å². The molecule has 1 atom stereocenters. The third kappa shape index (κ3) is 4.77. The molecule has 1 aromatic heterocycles. The van der Waals surface area contributed by atoms with Gasteiger partial charge >= 0.3 is 0 Å². The van der Waals surface area contributed by atoms with E-state index in [4.69, 9.17) is 0 Å². The molecule has 0 saturated heterocycles.